The van der Waals surface area contributed by atoms with Crippen LogP contribution in [0.25, 0.3) is 0 Å². The topological polar surface area (TPSA) is 96.1 Å². The monoisotopic (exact) mass is 288 g/mol. The highest BCUT2D eigenvalue weighted by molar-refractivity contribution is 6.45. The molecule has 7 heteroatoms. The van der Waals surface area contributed by atoms with Crippen LogP contribution in [-0.2, 0) is 21.1 Å². The van der Waals surface area contributed by atoms with Gasteiger partial charge in [0.25, 0.3) is 5.91 Å². The van der Waals surface area contributed by atoms with Gasteiger partial charge in [-0.05, 0) is 6.92 Å². The van der Waals surface area contributed by atoms with Gasteiger partial charge in [-0.15, -0.1) is 0 Å². The summed E-state index contributed by atoms with van der Waals surface area (Å²) in [4.78, 5) is 21.8. The molecule has 21 heavy (non-hydrogen) atoms. The van der Waals surface area contributed by atoms with Crippen LogP contribution in [-0.4, -0.2) is 31.5 Å². The van der Waals surface area contributed by atoms with Crippen molar-refractivity contribution in [2.24, 2.45) is 10.3 Å². The number of benzene rings is 1. The van der Waals surface area contributed by atoms with Gasteiger partial charge in [0.1, 0.15) is 12.7 Å². The first-order valence-electron chi connectivity index (χ1n) is 6.21. The van der Waals surface area contributed by atoms with Crippen LogP contribution in [0.15, 0.2) is 34.6 Å². The van der Waals surface area contributed by atoms with Crippen LogP contribution in [0, 0.1) is 11.3 Å². The smallest absolute Gasteiger partial charge is 0.273 e. The molecule has 0 saturated carbocycles. The number of nitrogens with zero attached hydrogens (tertiary/aromatic N) is 3. The molecule has 0 spiro atoms. The fraction of sp³-hybridized carbons (Fsp3) is 0.286. The van der Waals surface area contributed by atoms with Gasteiger partial charge < -0.3 is 15.0 Å². The minimum Gasteiger partial charge on any atom is -0.391 e. The van der Waals surface area contributed by atoms with E-state index < -0.39 is 5.91 Å². The number of nitriles is 1. The molecule has 0 aliphatic heterocycles. The third-order valence-electron chi connectivity index (χ3n) is 2.40. The van der Waals surface area contributed by atoms with Crippen molar-refractivity contribution < 1.29 is 14.5 Å². The van der Waals surface area contributed by atoms with Gasteiger partial charge in [0.05, 0.1) is 0 Å². The van der Waals surface area contributed by atoms with Crippen LogP contribution in [0.2, 0.25) is 0 Å². The maximum Gasteiger partial charge on any atom is 0.273 e. The summed E-state index contributed by atoms with van der Waals surface area (Å²) in [6.45, 7) is 1.69. The highest BCUT2D eigenvalue weighted by Gasteiger charge is 2.17. The quantitative estimate of drug-likeness (QED) is 0.463. The standard InChI is InChI=1S/C14H16N4O3/c1-3-17-21-10-11-6-4-5-7-12(11)13(14(19)16-2)18-20-9-8-15/h3-7H,9-10H2,1-2H3,(H,16,19)/b17-3-,18-13+. The Morgan fingerprint density at radius 3 is 2.86 bits per heavy atom. The van der Waals surface area contributed by atoms with Gasteiger partial charge in [-0.1, -0.05) is 34.6 Å². The zero-order chi connectivity index (χ0) is 15.5. The van der Waals surface area contributed by atoms with Crippen molar-refractivity contribution in [2.75, 3.05) is 13.7 Å². The minimum absolute atomic E-state index is 0.0763. The Labute approximate surface area is 122 Å². The summed E-state index contributed by atoms with van der Waals surface area (Å²) < 4.78 is 0. The van der Waals surface area contributed by atoms with Crippen molar-refractivity contribution in [1.29, 1.82) is 5.26 Å². The lowest BCUT2D eigenvalue weighted by Gasteiger charge is -2.09. The van der Waals surface area contributed by atoms with Gasteiger partial charge in [-0.3, -0.25) is 4.79 Å². The molecule has 1 rings (SSSR count). The maximum atomic E-state index is 11.9. The Bertz CT molecular complexity index is 576. The molecule has 0 heterocycles. The lowest BCUT2D eigenvalue weighted by molar-refractivity contribution is -0.114. The largest absolute Gasteiger partial charge is 0.391 e. The Morgan fingerprint density at radius 2 is 2.19 bits per heavy atom. The Kier molecular flexibility index (Phi) is 7.00. The van der Waals surface area contributed by atoms with E-state index in [4.69, 9.17) is 14.9 Å². The van der Waals surface area contributed by atoms with Crippen molar-refractivity contribution in [3.63, 3.8) is 0 Å². The second kappa shape index (κ2) is 9.09. The summed E-state index contributed by atoms with van der Waals surface area (Å²) in [5.74, 6) is -0.417. The molecule has 1 aromatic rings. The molecule has 1 N–H and O–H groups in total. The first kappa shape index (κ1) is 16.2. The van der Waals surface area contributed by atoms with Crippen molar-refractivity contribution in [3.05, 3.63) is 35.4 Å². The minimum atomic E-state index is -0.417. The molecule has 1 amide bonds. The second-order valence-corrected chi connectivity index (χ2v) is 3.74. The Morgan fingerprint density at radius 1 is 1.43 bits per heavy atom. The Hall–Kier alpha value is -2.88. The van der Waals surface area contributed by atoms with E-state index in [-0.39, 0.29) is 18.9 Å². The van der Waals surface area contributed by atoms with E-state index in [0.29, 0.717) is 5.56 Å². The second-order valence-electron chi connectivity index (χ2n) is 3.74. The summed E-state index contributed by atoms with van der Waals surface area (Å²) in [5, 5.41) is 18.3. The molecule has 7 nitrogen and oxygen atoms in total. The van der Waals surface area contributed by atoms with E-state index >= 15 is 0 Å². The molecule has 1 aromatic carbocycles. The molecule has 0 aromatic heterocycles. The molecule has 0 atom stereocenters. The zero-order valence-corrected chi connectivity index (χ0v) is 11.9. The van der Waals surface area contributed by atoms with Crippen molar-refractivity contribution in [2.45, 2.75) is 13.5 Å². The molecule has 0 saturated heterocycles. The average molecular weight is 288 g/mol. The highest BCUT2D eigenvalue weighted by Crippen LogP contribution is 2.12. The molecular formula is C14H16N4O3. The fourth-order valence-corrected chi connectivity index (χ4v) is 1.52. The number of hydrogen-bond acceptors (Lipinski definition) is 6. The maximum absolute atomic E-state index is 11.9. The number of likely N-dealkylation sites (N-methyl/N-ethyl adjacent to an activating group) is 1. The van der Waals surface area contributed by atoms with E-state index in [2.05, 4.69) is 15.6 Å². The summed E-state index contributed by atoms with van der Waals surface area (Å²) in [5.41, 5.74) is 1.36. The van der Waals surface area contributed by atoms with E-state index in [1.165, 1.54) is 13.3 Å². The van der Waals surface area contributed by atoms with E-state index in [9.17, 15) is 4.79 Å². The molecule has 0 bridgehead atoms. The van der Waals surface area contributed by atoms with Crippen LogP contribution in [0.4, 0.5) is 0 Å². The number of oxime groups is 2. The first-order chi connectivity index (χ1) is 10.2. The van der Waals surface area contributed by atoms with E-state index in [1.807, 2.05) is 6.07 Å². The molecule has 0 fully saturated rings. The third kappa shape index (κ3) is 4.95. The molecule has 110 valence electrons. The van der Waals surface area contributed by atoms with Crippen LogP contribution in [0.3, 0.4) is 0 Å². The Balaban J connectivity index is 3.09. The number of rotatable bonds is 7. The van der Waals surface area contributed by atoms with Crippen molar-refractivity contribution in [1.82, 2.24) is 5.32 Å². The zero-order valence-electron chi connectivity index (χ0n) is 11.9. The van der Waals surface area contributed by atoms with Crippen LogP contribution >= 0.6 is 0 Å². The van der Waals surface area contributed by atoms with E-state index in [1.54, 1.807) is 31.2 Å². The lowest BCUT2D eigenvalue weighted by atomic mass is 10.0. The van der Waals surface area contributed by atoms with Gasteiger partial charge in [0, 0.05) is 24.4 Å². The van der Waals surface area contributed by atoms with Crippen LogP contribution in [0.1, 0.15) is 18.1 Å². The number of nitrogens with one attached hydrogen (secondary N) is 1. The number of carbonyl (C=O) groups is 1. The van der Waals surface area contributed by atoms with Gasteiger partial charge in [0.15, 0.2) is 5.71 Å². The van der Waals surface area contributed by atoms with Gasteiger partial charge in [-0.2, -0.15) is 5.26 Å². The van der Waals surface area contributed by atoms with Gasteiger partial charge >= 0.3 is 0 Å². The predicted molar refractivity (Wildman–Crippen MR) is 77.6 cm³/mol. The molecule has 0 radical (unpaired) electrons. The van der Waals surface area contributed by atoms with Gasteiger partial charge in [0.2, 0.25) is 6.61 Å². The highest BCUT2D eigenvalue weighted by atomic mass is 16.6. The number of carbonyl (C=O) groups excluding carboxylic acids is 1. The summed E-state index contributed by atoms with van der Waals surface area (Å²) in [6.07, 6.45) is 1.52. The SMILES string of the molecule is C/C=N\OCc1ccccc1/C(=N\OCC#N)C(=O)NC. The normalized spacial score (nSPS) is 11.0. The van der Waals surface area contributed by atoms with Crippen LogP contribution < -0.4 is 5.32 Å². The van der Waals surface area contributed by atoms with Crippen molar-refractivity contribution >= 4 is 17.8 Å². The third-order valence-corrected chi connectivity index (χ3v) is 2.40. The summed E-state index contributed by atoms with van der Waals surface area (Å²) in [6, 6.07) is 8.88. The van der Waals surface area contributed by atoms with E-state index in [0.717, 1.165) is 5.56 Å². The lowest BCUT2D eigenvalue weighted by Crippen LogP contribution is -2.29. The van der Waals surface area contributed by atoms with Crippen molar-refractivity contribution in [3.8, 4) is 6.07 Å². The van der Waals surface area contributed by atoms with Crippen LogP contribution in [0.5, 0.6) is 0 Å². The predicted octanol–water partition coefficient (Wildman–Crippen LogP) is 1.20. The first-order valence-corrected chi connectivity index (χ1v) is 6.21. The fourth-order valence-electron chi connectivity index (χ4n) is 1.52. The summed E-state index contributed by atoms with van der Waals surface area (Å²) >= 11 is 0. The number of hydrogen-bond donors (Lipinski definition) is 1. The van der Waals surface area contributed by atoms with Gasteiger partial charge in [-0.25, -0.2) is 0 Å². The molecule has 0 aliphatic rings. The molecular weight excluding hydrogens is 272 g/mol. The summed E-state index contributed by atoms with van der Waals surface area (Å²) in [7, 11) is 1.49. The average Bonchev–Trinajstić information content (AvgIpc) is 2.52. The number of amides is 1. The molecule has 0 unspecified atom stereocenters. The molecule has 0 aliphatic carbocycles.